The van der Waals surface area contributed by atoms with Crippen LogP contribution in [0.25, 0.3) is 0 Å². The molecule has 0 spiro atoms. The summed E-state index contributed by atoms with van der Waals surface area (Å²) in [6.45, 7) is 7.60. The molecule has 0 aliphatic carbocycles. The van der Waals surface area contributed by atoms with Crippen molar-refractivity contribution in [3.63, 3.8) is 0 Å². The minimum atomic E-state index is 0.231. The summed E-state index contributed by atoms with van der Waals surface area (Å²) < 4.78 is 0. The summed E-state index contributed by atoms with van der Waals surface area (Å²) >= 11 is 0. The lowest BCUT2D eigenvalue weighted by Crippen LogP contribution is -2.31. The van der Waals surface area contributed by atoms with Crippen LogP contribution >= 0.6 is 0 Å². The van der Waals surface area contributed by atoms with Crippen LogP contribution in [0.5, 0.6) is 0 Å². The van der Waals surface area contributed by atoms with Gasteiger partial charge in [-0.1, -0.05) is 22.9 Å². The van der Waals surface area contributed by atoms with Gasteiger partial charge in [-0.05, 0) is 44.5 Å². The van der Waals surface area contributed by atoms with Crippen molar-refractivity contribution >= 4 is 5.84 Å². The van der Waals surface area contributed by atoms with Gasteiger partial charge in [0.1, 0.15) is 0 Å². The summed E-state index contributed by atoms with van der Waals surface area (Å²) in [6, 6.07) is 4.36. The van der Waals surface area contributed by atoms with Crippen molar-refractivity contribution in [1.29, 1.82) is 0 Å². The monoisotopic (exact) mass is 235 g/mol. The Labute approximate surface area is 103 Å². The van der Waals surface area contributed by atoms with Crippen LogP contribution in [-0.4, -0.2) is 29.5 Å². The Morgan fingerprint density at radius 3 is 2.29 bits per heavy atom. The first kappa shape index (κ1) is 13.5. The van der Waals surface area contributed by atoms with Crippen molar-refractivity contribution in [3.05, 3.63) is 34.4 Å². The Morgan fingerprint density at radius 2 is 1.82 bits per heavy atom. The first-order chi connectivity index (χ1) is 7.93. The van der Waals surface area contributed by atoms with Gasteiger partial charge in [-0.3, -0.25) is 4.90 Å². The third kappa shape index (κ3) is 3.75. The Balaban J connectivity index is 2.81. The fraction of sp³-hybridized carbons (Fsp3) is 0.462. The summed E-state index contributed by atoms with van der Waals surface area (Å²) in [4.78, 5) is 2.03. The molecule has 0 fully saturated rings. The van der Waals surface area contributed by atoms with E-state index in [-0.39, 0.29) is 5.84 Å². The summed E-state index contributed by atoms with van der Waals surface area (Å²) in [5.41, 5.74) is 10.6. The van der Waals surface area contributed by atoms with Gasteiger partial charge in [0.05, 0.1) is 6.54 Å². The maximum atomic E-state index is 8.53. The van der Waals surface area contributed by atoms with Crippen LogP contribution in [0.1, 0.15) is 22.3 Å². The van der Waals surface area contributed by atoms with E-state index in [4.69, 9.17) is 10.9 Å². The zero-order chi connectivity index (χ0) is 13.0. The molecule has 0 saturated heterocycles. The molecule has 4 nitrogen and oxygen atoms in total. The number of hydrogen-bond acceptors (Lipinski definition) is 3. The van der Waals surface area contributed by atoms with Crippen LogP contribution < -0.4 is 5.73 Å². The molecule has 0 aliphatic rings. The minimum Gasteiger partial charge on any atom is -0.409 e. The topological polar surface area (TPSA) is 61.8 Å². The molecule has 0 radical (unpaired) electrons. The number of oxime groups is 1. The molecule has 0 heterocycles. The van der Waals surface area contributed by atoms with Crippen molar-refractivity contribution in [2.45, 2.75) is 27.3 Å². The standard InChI is InChI=1S/C13H21N3O/c1-9-5-10(2)12(11(3)6-9)7-16(4)8-13(14)15-17/h5-6,17H,7-8H2,1-4H3,(H2,14,15). The average Bonchev–Trinajstić information content (AvgIpc) is 2.23. The van der Waals surface area contributed by atoms with Crippen molar-refractivity contribution in [3.8, 4) is 0 Å². The summed E-state index contributed by atoms with van der Waals surface area (Å²) in [5, 5.41) is 11.5. The Hall–Kier alpha value is -1.55. The van der Waals surface area contributed by atoms with Gasteiger partial charge in [-0.25, -0.2) is 0 Å². The van der Waals surface area contributed by atoms with E-state index < -0.39 is 0 Å². The van der Waals surface area contributed by atoms with Gasteiger partial charge in [-0.15, -0.1) is 0 Å². The molecule has 0 atom stereocenters. The van der Waals surface area contributed by atoms with Crippen LogP contribution in [0.2, 0.25) is 0 Å². The lowest BCUT2D eigenvalue weighted by atomic mass is 9.99. The normalized spacial score (nSPS) is 12.2. The van der Waals surface area contributed by atoms with Crippen molar-refractivity contribution in [2.24, 2.45) is 10.9 Å². The van der Waals surface area contributed by atoms with Gasteiger partial charge in [-0.2, -0.15) is 0 Å². The molecule has 3 N–H and O–H groups in total. The van der Waals surface area contributed by atoms with Crippen LogP contribution in [0, 0.1) is 20.8 Å². The van der Waals surface area contributed by atoms with E-state index in [2.05, 4.69) is 38.1 Å². The number of hydrogen-bond donors (Lipinski definition) is 2. The highest BCUT2D eigenvalue weighted by Crippen LogP contribution is 2.17. The Bertz CT molecular complexity index is 404. The van der Waals surface area contributed by atoms with Crippen LogP contribution in [-0.2, 0) is 6.54 Å². The van der Waals surface area contributed by atoms with E-state index in [9.17, 15) is 0 Å². The Kier molecular flexibility index (Phi) is 4.52. The predicted molar refractivity (Wildman–Crippen MR) is 70.4 cm³/mol. The number of nitrogens with two attached hydrogens (primary N) is 1. The lowest BCUT2D eigenvalue weighted by molar-refractivity contribution is 0.308. The second-order valence-corrected chi connectivity index (χ2v) is 4.64. The van der Waals surface area contributed by atoms with E-state index in [0.29, 0.717) is 6.54 Å². The number of benzene rings is 1. The summed E-state index contributed by atoms with van der Waals surface area (Å²) in [7, 11) is 1.96. The zero-order valence-corrected chi connectivity index (χ0v) is 11.0. The predicted octanol–water partition coefficient (Wildman–Crippen LogP) is 1.79. The number of amidine groups is 1. The van der Waals surface area contributed by atoms with Gasteiger partial charge in [0.15, 0.2) is 5.84 Å². The molecule has 0 saturated carbocycles. The zero-order valence-electron chi connectivity index (χ0n) is 11.0. The van der Waals surface area contributed by atoms with Gasteiger partial charge in [0.2, 0.25) is 0 Å². The van der Waals surface area contributed by atoms with E-state index in [1.807, 2.05) is 11.9 Å². The van der Waals surface area contributed by atoms with Crippen LogP contribution in [0.4, 0.5) is 0 Å². The van der Waals surface area contributed by atoms with Crippen LogP contribution in [0.15, 0.2) is 17.3 Å². The third-order valence-corrected chi connectivity index (χ3v) is 2.83. The molecule has 0 aliphatic heterocycles. The quantitative estimate of drug-likeness (QED) is 0.362. The fourth-order valence-corrected chi connectivity index (χ4v) is 2.09. The molecular formula is C13H21N3O. The first-order valence-electron chi connectivity index (χ1n) is 5.65. The maximum Gasteiger partial charge on any atom is 0.153 e. The number of likely N-dealkylation sites (N-methyl/N-ethyl adjacent to an activating group) is 1. The molecule has 0 bridgehead atoms. The second-order valence-electron chi connectivity index (χ2n) is 4.64. The highest BCUT2D eigenvalue weighted by Gasteiger charge is 2.08. The fourth-order valence-electron chi connectivity index (χ4n) is 2.09. The van der Waals surface area contributed by atoms with Gasteiger partial charge >= 0.3 is 0 Å². The molecule has 1 aromatic rings. The third-order valence-electron chi connectivity index (χ3n) is 2.83. The molecule has 0 unspecified atom stereocenters. The van der Waals surface area contributed by atoms with E-state index in [0.717, 1.165) is 6.54 Å². The smallest absolute Gasteiger partial charge is 0.153 e. The van der Waals surface area contributed by atoms with Crippen molar-refractivity contribution in [2.75, 3.05) is 13.6 Å². The molecular weight excluding hydrogens is 214 g/mol. The van der Waals surface area contributed by atoms with Gasteiger partial charge in [0.25, 0.3) is 0 Å². The lowest BCUT2D eigenvalue weighted by Gasteiger charge is -2.19. The molecule has 1 aromatic carbocycles. The van der Waals surface area contributed by atoms with E-state index in [1.54, 1.807) is 0 Å². The number of aryl methyl sites for hydroxylation is 3. The number of nitrogens with zero attached hydrogens (tertiary/aromatic N) is 2. The largest absolute Gasteiger partial charge is 0.409 e. The molecule has 1 rings (SSSR count). The van der Waals surface area contributed by atoms with E-state index >= 15 is 0 Å². The summed E-state index contributed by atoms with van der Waals surface area (Å²) in [6.07, 6.45) is 0. The molecule has 4 heteroatoms. The highest BCUT2D eigenvalue weighted by molar-refractivity contribution is 5.81. The Morgan fingerprint density at radius 1 is 1.29 bits per heavy atom. The summed E-state index contributed by atoms with van der Waals surface area (Å²) in [5.74, 6) is 0.231. The SMILES string of the molecule is Cc1cc(C)c(CN(C)CC(N)=NO)c(C)c1. The van der Waals surface area contributed by atoms with Gasteiger partial charge < -0.3 is 10.9 Å². The molecule has 0 amide bonds. The van der Waals surface area contributed by atoms with Crippen molar-refractivity contribution < 1.29 is 5.21 Å². The van der Waals surface area contributed by atoms with Crippen LogP contribution in [0.3, 0.4) is 0 Å². The molecule has 17 heavy (non-hydrogen) atoms. The van der Waals surface area contributed by atoms with Gasteiger partial charge in [0, 0.05) is 6.54 Å². The maximum absolute atomic E-state index is 8.53. The first-order valence-corrected chi connectivity index (χ1v) is 5.65. The highest BCUT2D eigenvalue weighted by atomic mass is 16.4. The minimum absolute atomic E-state index is 0.231. The van der Waals surface area contributed by atoms with E-state index in [1.165, 1.54) is 22.3 Å². The number of rotatable bonds is 4. The molecule has 94 valence electrons. The average molecular weight is 235 g/mol. The van der Waals surface area contributed by atoms with Crippen molar-refractivity contribution in [1.82, 2.24) is 4.90 Å². The second kappa shape index (κ2) is 5.68. The molecule has 0 aromatic heterocycles.